The summed E-state index contributed by atoms with van der Waals surface area (Å²) in [6, 6.07) is 7.48. The van der Waals surface area contributed by atoms with Crippen LogP contribution in [0.5, 0.6) is 5.75 Å². The van der Waals surface area contributed by atoms with Crippen LogP contribution in [0.4, 0.5) is 11.8 Å². The minimum Gasteiger partial charge on any atom is -0.496 e. The Balaban J connectivity index is 1.46. The zero-order valence-electron chi connectivity index (χ0n) is 22.1. The minimum atomic E-state index is -0.461. The summed E-state index contributed by atoms with van der Waals surface area (Å²) in [6.45, 7) is 5.19. The first kappa shape index (κ1) is 27.2. The summed E-state index contributed by atoms with van der Waals surface area (Å²) >= 11 is 0. The third kappa shape index (κ3) is 6.91. The van der Waals surface area contributed by atoms with Gasteiger partial charge in [-0.3, -0.25) is 9.59 Å². The summed E-state index contributed by atoms with van der Waals surface area (Å²) in [7, 11) is 1.61. The molecule has 11 heteroatoms. The average Bonchev–Trinajstić information content (AvgIpc) is 3.32. The van der Waals surface area contributed by atoms with Gasteiger partial charge in [0, 0.05) is 31.4 Å². The van der Waals surface area contributed by atoms with Crippen LogP contribution in [0, 0.1) is 0 Å². The second-order valence-electron chi connectivity index (χ2n) is 9.22. The van der Waals surface area contributed by atoms with E-state index in [1.54, 1.807) is 12.0 Å². The molecule has 1 fully saturated rings. The molecule has 0 unspecified atom stereocenters. The Morgan fingerprint density at radius 3 is 2.74 bits per heavy atom. The van der Waals surface area contributed by atoms with E-state index in [1.165, 1.54) is 0 Å². The number of carbonyl (C=O) groups is 2. The minimum absolute atomic E-state index is 0.0453. The number of nitrogens with one attached hydrogen (secondary N) is 1. The number of carbonyl (C=O) groups excluding carboxylic acids is 2. The van der Waals surface area contributed by atoms with Crippen molar-refractivity contribution in [2.75, 3.05) is 57.6 Å². The number of unbranched alkanes of at least 4 members (excludes halogenated alkanes) is 2. The van der Waals surface area contributed by atoms with Gasteiger partial charge >= 0.3 is 5.97 Å². The molecule has 0 bridgehead atoms. The van der Waals surface area contributed by atoms with Gasteiger partial charge in [0.05, 0.1) is 38.8 Å². The van der Waals surface area contributed by atoms with Crippen molar-refractivity contribution in [2.24, 2.45) is 0 Å². The number of hydrogen-bond donors (Lipinski definition) is 2. The van der Waals surface area contributed by atoms with E-state index in [0.717, 1.165) is 48.0 Å². The molecule has 0 radical (unpaired) electrons. The van der Waals surface area contributed by atoms with Gasteiger partial charge in [0.2, 0.25) is 5.95 Å². The molecule has 4 rings (SSSR count). The van der Waals surface area contributed by atoms with E-state index >= 15 is 0 Å². The van der Waals surface area contributed by atoms with Gasteiger partial charge in [0.15, 0.2) is 12.4 Å². The van der Waals surface area contributed by atoms with Crippen LogP contribution >= 0.6 is 0 Å². The number of amides is 1. The quantitative estimate of drug-likeness (QED) is 0.271. The number of nitrogens with two attached hydrogens (primary N) is 1. The second kappa shape index (κ2) is 13.1. The van der Waals surface area contributed by atoms with Gasteiger partial charge in [-0.2, -0.15) is 4.98 Å². The predicted octanol–water partition coefficient (Wildman–Crippen LogP) is 2.62. The first-order chi connectivity index (χ1) is 18.5. The van der Waals surface area contributed by atoms with Crippen LogP contribution in [0.25, 0.3) is 11.0 Å². The summed E-state index contributed by atoms with van der Waals surface area (Å²) in [4.78, 5) is 35.2. The number of hydrogen-bond acceptors (Lipinski definition) is 9. The number of rotatable bonds is 12. The fourth-order valence-electron chi connectivity index (χ4n) is 4.47. The molecule has 0 saturated carbocycles. The van der Waals surface area contributed by atoms with E-state index in [1.807, 2.05) is 35.0 Å². The number of anilines is 2. The van der Waals surface area contributed by atoms with Crippen LogP contribution in [-0.2, 0) is 32.0 Å². The lowest BCUT2D eigenvalue weighted by Gasteiger charge is -2.26. The maximum Gasteiger partial charge on any atom is 0.310 e. The van der Waals surface area contributed by atoms with Gasteiger partial charge in [0.25, 0.3) is 5.91 Å². The Morgan fingerprint density at radius 1 is 1.16 bits per heavy atom. The molecule has 3 heterocycles. The largest absolute Gasteiger partial charge is 0.496 e. The van der Waals surface area contributed by atoms with E-state index in [-0.39, 0.29) is 24.9 Å². The number of methoxy groups -OCH3 is 1. The number of ether oxygens (including phenoxy) is 3. The highest BCUT2D eigenvalue weighted by Gasteiger charge is 2.19. The third-order valence-corrected chi connectivity index (χ3v) is 6.46. The van der Waals surface area contributed by atoms with Gasteiger partial charge in [-0.25, -0.2) is 4.98 Å². The van der Waals surface area contributed by atoms with Crippen molar-refractivity contribution >= 4 is 34.7 Å². The van der Waals surface area contributed by atoms with Gasteiger partial charge in [-0.1, -0.05) is 25.8 Å². The maximum absolute atomic E-state index is 12.5. The number of morpholine rings is 1. The number of nitrogen functional groups attached to an aromatic ring is 1. The molecular formula is C27H36N6O5. The van der Waals surface area contributed by atoms with Gasteiger partial charge in [-0.05, 0) is 30.2 Å². The maximum atomic E-state index is 12.5. The number of aromatic nitrogens is 3. The Hall–Kier alpha value is -3.86. The molecule has 1 amide bonds. The van der Waals surface area contributed by atoms with Crippen LogP contribution in [0.1, 0.15) is 37.3 Å². The highest BCUT2D eigenvalue weighted by Crippen LogP contribution is 2.27. The average molecular weight is 525 g/mol. The van der Waals surface area contributed by atoms with E-state index in [2.05, 4.69) is 22.2 Å². The molecule has 1 aromatic carbocycles. The molecule has 204 valence electrons. The second-order valence-corrected chi connectivity index (χ2v) is 9.22. The molecule has 1 saturated heterocycles. The molecule has 38 heavy (non-hydrogen) atoms. The Kier molecular flexibility index (Phi) is 9.36. The van der Waals surface area contributed by atoms with Gasteiger partial charge in [0.1, 0.15) is 11.3 Å². The Morgan fingerprint density at radius 2 is 1.97 bits per heavy atom. The Labute approximate surface area is 222 Å². The van der Waals surface area contributed by atoms with Crippen LogP contribution in [0.15, 0.2) is 30.5 Å². The van der Waals surface area contributed by atoms with Crippen molar-refractivity contribution < 1.29 is 23.8 Å². The first-order valence-corrected chi connectivity index (χ1v) is 13.0. The van der Waals surface area contributed by atoms with E-state index in [0.29, 0.717) is 44.4 Å². The SMILES string of the molecule is CCCCCNc1nc(N)nc2ccn(Cc3cc(CC(=O)OCC(=O)N4CCOCC4)ccc3OC)c12. The van der Waals surface area contributed by atoms with Gasteiger partial charge in [-0.15, -0.1) is 0 Å². The molecule has 1 aliphatic heterocycles. The zero-order valence-corrected chi connectivity index (χ0v) is 22.1. The fourth-order valence-corrected chi connectivity index (χ4v) is 4.47. The number of fused-ring (bicyclic) bond motifs is 1. The highest BCUT2D eigenvalue weighted by molar-refractivity contribution is 5.87. The molecule has 11 nitrogen and oxygen atoms in total. The van der Waals surface area contributed by atoms with Crippen LogP contribution < -0.4 is 15.8 Å². The molecular weight excluding hydrogens is 488 g/mol. The van der Waals surface area contributed by atoms with Crippen LogP contribution in [-0.4, -0.2) is 77.9 Å². The topological polar surface area (TPSA) is 134 Å². The summed E-state index contributed by atoms with van der Waals surface area (Å²) < 4.78 is 18.1. The standard InChI is InChI=1S/C27H36N6O5/c1-3-4-5-9-29-26-25-21(30-27(28)31-26)8-10-33(25)17-20-15-19(6-7-22(20)36-2)16-24(35)38-18-23(34)32-11-13-37-14-12-32/h6-8,10,15H,3-5,9,11-14,16-18H2,1-2H3,(H3,28,29,30,31). The molecule has 3 aromatic rings. The lowest BCUT2D eigenvalue weighted by Crippen LogP contribution is -2.42. The van der Waals surface area contributed by atoms with E-state index in [4.69, 9.17) is 19.9 Å². The smallest absolute Gasteiger partial charge is 0.310 e. The fraction of sp³-hybridized carbons (Fsp3) is 0.481. The normalized spacial score (nSPS) is 13.5. The first-order valence-electron chi connectivity index (χ1n) is 13.0. The van der Waals surface area contributed by atoms with Crippen molar-refractivity contribution in [3.63, 3.8) is 0 Å². The van der Waals surface area contributed by atoms with Crippen molar-refractivity contribution in [3.8, 4) is 5.75 Å². The third-order valence-electron chi connectivity index (χ3n) is 6.46. The van der Waals surface area contributed by atoms with E-state index in [9.17, 15) is 9.59 Å². The summed E-state index contributed by atoms with van der Waals surface area (Å²) in [5, 5.41) is 3.41. The molecule has 1 aliphatic rings. The lowest BCUT2D eigenvalue weighted by atomic mass is 10.1. The number of esters is 1. The molecule has 0 atom stereocenters. The molecule has 2 aromatic heterocycles. The van der Waals surface area contributed by atoms with E-state index < -0.39 is 5.97 Å². The monoisotopic (exact) mass is 524 g/mol. The summed E-state index contributed by atoms with van der Waals surface area (Å²) in [6.07, 6.45) is 5.28. The zero-order chi connectivity index (χ0) is 26.9. The number of nitrogens with zero attached hydrogens (tertiary/aromatic N) is 4. The van der Waals surface area contributed by atoms with Crippen LogP contribution in [0.3, 0.4) is 0 Å². The summed E-state index contributed by atoms with van der Waals surface area (Å²) in [5.74, 6) is 0.936. The Bertz CT molecular complexity index is 1250. The highest BCUT2D eigenvalue weighted by atomic mass is 16.5. The van der Waals surface area contributed by atoms with Crippen molar-refractivity contribution in [1.29, 1.82) is 0 Å². The lowest BCUT2D eigenvalue weighted by molar-refractivity contribution is -0.153. The molecule has 0 aliphatic carbocycles. The van der Waals surface area contributed by atoms with Crippen molar-refractivity contribution in [3.05, 3.63) is 41.6 Å². The van der Waals surface area contributed by atoms with Gasteiger partial charge < -0.3 is 34.7 Å². The molecule has 0 spiro atoms. The van der Waals surface area contributed by atoms with Crippen LogP contribution in [0.2, 0.25) is 0 Å². The number of benzene rings is 1. The molecule has 3 N–H and O–H groups in total. The summed E-state index contributed by atoms with van der Waals surface area (Å²) in [5.41, 5.74) is 9.20. The van der Waals surface area contributed by atoms with Crippen molar-refractivity contribution in [1.82, 2.24) is 19.4 Å². The predicted molar refractivity (Wildman–Crippen MR) is 144 cm³/mol. The van der Waals surface area contributed by atoms with Crippen molar-refractivity contribution in [2.45, 2.75) is 39.2 Å².